The van der Waals surface area contributed by atoms with Gasteiger partial charge < -0.3 is 10.2 Å². The molecule has 4 rings (SSSR count). The lowest BCUT2D eigenvalue weighted by atomic mass is 10.0. The van der Waals surface area contributed by atoms with Crippen LogP contribution in [0.15, 0.2) is 66.7 Å². The molecule has 0 saturated heterocycles. The third kappa shape index (κ3) is 4.85. The summed E-state index contributed by atoms with van der Waals surface area (Å²) in [6.45, 7) is 1.70. The minimum absolute atomic E-state index is 0.0377. The first-order valence-electron chi connectivity index (χ1n) is 9.91. The van der Waals surface area contributed by atoms with E-state index in [1.807, 2.05) is 24.3 Å². The Morgan fingerprint density at radius 2 is 1.77 bits per heavy atom. The highest BCUT2D eigenvalue weighted by Gasteiger charge is 2.33. The van der Waals surface area contributed by atoms with Crippen molar-refractivity contribution < 1.29 is 18.0 Å². The van der Waals surface area contributed by atoms with Crippen molar-refractivity contribution in [3.63, 3.8) is 0 Å². The van der Waals surface area contributed by atoms with Crippen molar-refractivity contribution >= 4 is 28.9 Å². The molecule has 0 aromatic heterocycles. The highest BCUT2D eigenvalue weighted by atomic mass is 35.5. The number of anilines is 2. The van der Waals surface area contributed by atoms with Gasteiger partial charge in [0.1, 0.15) is 0 Å². The van der Waals surface area contributed by atoms with Crippen molar-refractivity contribution in [3.8, 4) is 0 Å². The van der Waals surface area contributed by atoms with Crippen LogP contribution < -0.4 is 10.2 Å². The number of hydrogen-bond acceptors (Lipinski definition) is 2. The number of benzene rings is 3. The summed E-state index contributed by atoms with van der Waals surface area (Å²) >= 11 is 5.63. The maximum atomic E-state index is 13.0. The molecule has 0 bridgehead atoms. The first kappa shape index (κ1) is 21.2. The lowest BCUT2D eigenvalue weighted by Crippen LogP contribution is -2.28. The van der Waals surface area contributed by atoms with E-state index in [1.165, 1.54) is 17.3 Å². The molecule has 3 nitrogen and oxygen atoms in total. The highest BCUT2D eigenvalue weighted by Crippen LogP contribution is 2.36. The number of alkyl halides is 3. The Kier molecular flexibility index (Phi) is 5.92. The second-order valence-corrected chi connectivity index (χ2v) is 7.90. The molecule has 160 valence electrons. The SMILES string of the molecule is O=C(Nc1ccc(Cl)c(C(F)(F)F)c1)c1ccc(CN2CCCc3ccccc32)cc1. The quantitative estimate of drug-likeness (QED) is 0.494. The Bertz CT molecular complexity index is 1100. The molecule has 1 N–H and O–H groups in total. The molecule has 31 heavy (non-hydrogen) atoms. The molecule has 0 unspecified atom stereocenters. The topological polar surface area (TPSA) is 32.3 Å². The van der Waals surface area contributed by atoms with E-state index >= 15 is 0 Å². The average Bonchev–Trinajstić information content (AvgIpc) is 2.75. The number of para-hydroxylation sites is 1. The van der Waals surface area contributed by atoms with E-state index in [0.29, 0.717) is 5.56 Å². The number of halogens is 4. The second-order valence-electron chi connectivity index (χ2n) is 7.50. The molecule has 0 radical (unpaired) electrons. The lowest BCUT2D eigenvalue weighted by Gasteiger charge is -2.31. The van der Waals surface area contributed by atoms with Crippen LogP contribution in [0.4, 0.5) is 24.5 Å². The summed E-state index contributed by atoms with van der Waals surface area (Å²) in [5, 5.41) is 2.10. The first-order valence-corrected chi connectivity index (χ1v) is 10.3. The fourth-order valence-electron chi connectivity index (χ4n) is 3.78. The summed E-state index contributed by atoms with van der Waals surface area (Å²) in [6.07, 6.45) is -2.42. The molecule has 0 spiro atoms. The number of carbonyl (C=O) groups is 1. The van der Waals surface area contributed by atoms with Gasteiger partial charge in [-0.1, -0.05) is 41.9 Å². The predicted octanol–water partition coefficient (Wildman–Crippen LogP) is 6.56. The second kappa shape index (κ2) is 8.63. The van der Waals surface area contributed by atoms with Gasteiger partial charge in [-0.25, -0.2) is 0 Å². The van der Waals surface area contributed by atoms with Crippen molar-refractivity contribution in [2.45, 2.75) is 25.6 Å². The zero-order chi connectivity index (χ0) is 22.0. The van der Waals surface area contributed by atoms with E-state index in [4.69, 9.17) is 11.6 Å². The summed E-state index contributed by atoms with van der Waals surface area (Å²) in [5.41, 5.74) is 3.05. The van der Waals surface area contributed by atoms with Gasteiger partial charge in [0.2, 0.25) is 0 Å². The van der Waals surface area contributed by atoms with Crippen LogP contribution in [0, 0.1) is 0 Å². The summed E-state index contributed by atoms with van der Waals surface area (Å²) in [6, 6.07) is 18.8. The molecule has 0 fully saturated rings. The normalized spacial score (nSPS) is 13.6. The molecule has 1 aliphatic heterocycles. The van der Waals surface area contributed by atoms with Gasteiger partial charge in [0.15, 0.2) is 0 Å². The molecular formula is C24H20ClF3N2O. The predicted molar refractivity (Wildman–Crippen MR) is 117 cm³/mol. The molecule has 3 aromatic carbocycles. The maximum absolute atomic E-state index is 13.0. The van der Waals surface area contributed by atoms with Crippen LogP contribution in [0.3, 0.4) is 0 Å². The first-order chi connectivity index (χ1) is 14.8. The average molecular weight is 445 g/mol. The summed E-state index contributed by atoms with van der Waals surface area (Å²) < 4.78 is 39.1. The Balaban J connectivity index is 1.45. The molecule has 1 amide bonds. The smallest absolute Gasteiger partial charge is 0.367 e. The van der Waals surface area contributed by atoms with Crippen LogP contribution in [0.25, 0.3) is 0 Å². The van der Waals surface area contributed by atoms with Crippen molar-refractivity contribution in [2.24, 2.45) is 0 Å². The van der Waals surface area contributed by atoms with Gasteiger partial charge in [-0.2, -0.15) is 13.2 Å². The Hall–Kier alpha value is -2.99. The van der Waals surface area contributed by atoms with Gasteiger partial charge in [-0.15, -0.1) is 0 Å². The fourth-order valence-corrected chi connectivity index (χ4v) is 4.01. The minimum Gasteiger partial charge on any atom is -0.367 e. The molecule has 3 aromatic rings. The van der Waals surface area contributed by atoms with Crippen LogP contribution in [-0.4, -0.2) is 12.5 Å². The van der Waals surface area contributed by atoms with Gasteiger partial charge in [0.05, 0.1) is 10.6 Å². The number of rotatable bonds is 4. The zero-order valence-corrected chi connectivity index (χ0v) is 17.3. The van der Waals surface area contributed by atoms with Gasteiger partial charge >= 0.3 is 6.18 Å². The molecule has 7 heteroatoms. The summed E-state index contributed by atoms with van der Waals surface area (Å²) in [7, 11) is 0. The van der Waals surface area contributed by atoms with Crippen molar-refractivity contribution in [1.29, 1.82) is 0 Å². The summed E-state index contributed by atoms with van der Waals surface area (Å²) in [5.74, 6) is -0.481. The lowest BCUT2D eigenvalue weighted by molar-refractivity contribution is -0.137. The maximum Gasteiger partial charge on any atom is 0.417 e. The molecule has 0 aliphatic carbocycles. The van der Waals surface area contributed by atoms with Gasteiger partial charge in [0, 0.05) is 30.0 Å². The third-order valence-corrected chi connectivity index (χ3v) is 5.66. The van der Waals surface area contributed by atoms with Gasteiger partial charge in [-0.05, 0) is 60.4 Å². The Labute approximate surface area is 183 Å². The van der Waals surface area contributed by atoms with Gasteiger partial charge in [-0.3, -0.25) is 4.79 Å². The minimum atomic E-state index is -4.59. The molecule has 1 aliphatic rings. The van der Waals surface area contributed by atoms with Crippen molar-refractivity contribution in [3.05, 3.63) is 94.0 Å². The van der Waals surface area contributed by atoms with E-state index in [0.717, 1.165) is 43.6 Å². The number of hydrogen-bond donors (Lipinski definition) is 1. The van der Waals surface area contributed by atoms with Crippen molar-refractivity contribution in [2.75, 3.05) is 16.8 Å². The number of nitrogens with zero attached hydrogens (tertiary/aromatic N) is 1. The van der Waals surface area contributed by atoms with E-state index in [-0.39, 0.29) is 5.69 Å². The van der Waals surface area contributed by atoms with Crippen molar-refractivity contribution in [1.82, 2.24) is 0 Å². The molecule has 0 saturated carbocycles. The molecule has 0 atom stereocenters. The fraction of sp³-hybridized carbons (Fsp3) is 0.208. The Morgan fingerprint density at radius 3 is 2.52 bits per heavy atom. The monoisotopic (exact) mass is 444 g/mol. The Morgan fingerprint density at radius 1 is 1.03 bits per heavy atom. The van der Waals surface area contributed by atoms with Crippen LogP contribution in [0.1, 0.15) is 33.5 Å². The number of nitrogens with one attached hydrogen (secondary N) is 1. The molecular weight excluding hydrogens is 425 g/mol. The van der Waals surface area contributed by atoms with Crippen LogP contribution in [0.2, 0.25) is 5.02 Å². The van der Waals surface area contributed by atoms with Crippen LogP contribution in [0.5, 0.6) is 0 Å². The summed E-state index contributed by atoms with van der Waals surface area (Å²) in [4.78, 5) is 14.8. The third-order valence-electron chi connectivity index (χ3n) is 5.33. The largest absolute Gasteiger partial charge is 0.417 e. The van der Waals surface area contributed by atoms with Crippen LogP contribution >= 0.6 is 11.6 Å². The number of fused-ring (bicyclic) bond motifs is 1. The standard InChI is InChI=1S/C24H20ClF3N2O/c25-21-12-11-19(14-20(21)24(26,27)28)29-23(31)18-9-7-16(8-10-18)15-30-13-3-5-17-4-1-2-6-22(17)30/h1-2,4,6-12,14H,3,5,13,15H2,(H,29,31). The highest BCUT2D eigenvalue weighted by molar-refractivity contribution is 6.31. The number of aryl methyl sites for hydroxylation is 1. The van der Waals surface area contributed by atoms with E-state index in [1.54, 1.807) is 12.1 Å². The van der Waals surface area contributed by atoms with E-state index in [2.05, 4.69) is 22.3 Å². The number of amides is 1. The van der Waals surface area contributed by atoms with Crippen LogP contribution in [-0.2, 0) is 19.1 Å². The van der Waals surface area contributed by atoms with E-state index in [9.17, 15) is 18.0 Å². The zero-order valence-electron chi connectivity index (χ0n) is 16.5. The number of carbonyl (C=O) groups excluding carboxylic acids is 1. The van der Waals surface area contributed by atoms with E-state index < -0.39 is 22.7 Å². The van der Waals surface area contributed by atoms with Gasteiger partial charge in [0.25, 0.3) is 5.91 Å². The molecule has 1 heterocycles.